The molecular weight excluding hydrogens is 508 g/mol. The summed E-state index contributed by atoms with van der Waals surface area (Å²) in [4.78, 5) is 7.19. The van der Waals surface area contributed by atoms with E-state index in [0.717, 1.165) is 46.7 Å². The average molecular weight is 543 g/mol. The lowest BCUT2D eigenvalue weighted by Gasteiger charge is -2.30. The van der Waals surface area contributed by atoms with Gasteiger partial charge in [0.1, 0.15) is 0 Å². The molecule has 0 amide bonds. The Hall–Kier alpha value is -4.95. The zero-order valence-corrected chi connectivity index (χ0v) is 24.2. The first-order valence-corrected chi connectivity index (χ1v) is 14.9. The van der Waals surface area contributed by atoms with Crippen LogP contribution in [-0.4, -0.2) is 4.98 Å². The molecule has 0 aliphatic heterocycles. The van der Waals surface area contributed by atoms with Crippen molar-refractivity contribution in [2.24, 2.45) is 0 Å². The number of rotatable bonds is 7. The van der Waals surface area contributed by atoms with E-state index in [4.69, 9.17) is 4.98 Å². The summed E-state index contributed by atoms with van der Waals surface area (Å²) < 4.78 is 0. The molecule has 2 nitrogen and oxygen atoms in total. The third-order valence-corrected chi connectivity index (χ3v) is 9.02. The Balaban J connectivity index is 1.19. The maximum Gasteiger partial charge on any atom is 0.0702 e. The van der Waals surface area contributed by atoms with E-state index in [0.29, 0.717) is 0 Å². The highest BCUT2D eigenvalue weighted by molar-refractivity contribution is 5.84. The number of fused-ring (bicyclic) bond motifs is 3. The molecule has 0 radical (unpaired) electrons. The summed E-state index contributed by atoms with van der Waals surface area (Å²) in [6.07, 6.45) is 4.21. The molecular formula is C40H34N2. The highest BCUT2D eigenvalue weighted by Crippen LogP contribution is 2.53. The Morgan fingerprint density at radius 2 is 1.05 bits per heavy atom. The van der Waals surface area contributed by atoms with Gasteiger partial charge < -0.3 is 4.90 Å². The van der Waals surface area contributed by atoms with Crippen molar-refractivity contribution in [3.8, 4) is 33.5 Å². The summed E-state index contributed by atoms with van der Waals surface area (Å²) in [6, 6.07) is 50.0. The highest BCUT2D eigenvalue weighted by atomic mass is 15.1. The van der Waals surface area contributed by atoms with Crippen LogP contribution in [0.1, 0.15) is 37.8 Å². The lowest BCUT2D eigenvalue weighted by Crippen LogP contribution is -2.23. The molecule has 204 valence electrons. The Morgan fingerprint density at radius 3 is 1.67 bits per heavy atom. The minimum atomic E-state index is 0.0738. The first-order chi connectivity index (χ1) is 20.7. The SMILES string of the molecule is CCC1(CC)c2ccccc2-c2ccc(-c3ccc(-c4ccc(N(c5ccccc5)c5ccccc5)cc4)nc3)cc21. The van der Waals surface area contributed by atoms with Crippen molar-refractivity contribution in [1.82, 2.24) is 4.98 Å². The lowest BCUT2D eigenvalue weighted by atomic mass is 9.73. The summed E-state index contributed by atoms with van der Waals surface area (Å²) in [5.41, 5.74) is 13.6. The zero-order valence-electron chi connectivity index (χ0n) is 24.2. The second-order valence-electron chi connectivity index (χ2n) is 11.1. The Morgan fingerprint density at radius 1 is 0.500 bits per heavy atom. The first kappa shape index (κ1) is 26.0. The topological polar surface area (TPSA) is 16.1 Å². The van der Waals surface area contributed by atoms with E-state index in [1.54, 1.807) is 0 Å². The van der Waals surface area contributed by atoms with Crippen molar-refractivity contribution >= 4 is 17.1 Å². The van der Waals surface area contributed by atoms with Gasteiger partial charge in [-0.15, -0.1) is 0 Å². The fraction of sp³-hybridized carbons (Fsp3) is 0.125. The van der Waals surface area contributed by atoms with Crippen molar-refractivity contribution in [3.05, 3.63) is 157 Å². The van der Waals surface area contributed by atoms with Crippen molar-refractivity contribution in [1.29, 1.82) is 0 Å². The van der Waals surface area contributed by atoms with E-state index in [-0.39, 0.29) is 5.41 Å². The number of benzene rings is 5. The fourth-order valence-corrected chi connectivity index (χ4v) is 6.76. The molecule has 42 heavy (non-hydrogen) atoms. The second-order valence-corrected chi connectivity index (χ2v) is 11.1. The molecule has 1 aromatic heterocycles. The molecule has 2 heteroatoms. The van der Waals surface area contributed by atoms with Crippen LogP contribution in [0.4, 0.5) is 17.1 Å². The number of pyridine rings is 1. The molecule has 7 rings (SSSR count). The summed E-state index contributed by atoms with van der Waals surface area (Å²) in [7, 11) is 0. The van der Waals surface area contributed by atoms with Crippen LogP contribution in [0.25, 0.3) is 33.5 Å². The maximum absolute atomic E-state index is 4.91. The lowest BCUT2D eigenvalue weighted by molar-refractivity contribution is 0.490. The number of para-hydroxylation sites is 2. The van der Waals surface area contributed by atoms with Gasteiger partial charge in [0.05, 0.1) is 5.69 Å². The molecule has 0 saturated carbocycles. The van der Waals surface area contributed by atoms with E-state index < -0.39 is 0 Å². The number of hydrogen-bond donors (Lipinski definition) is 0. The van der Waals surface area contributed by atoms with Crippen molar-refractivity contribution in [2.45, 2.75) is 32.1 Å². The Bertz CT molecular complexity index is 1780. The van der Waals surface area contributed by atoms with Crippen LogP contribution >= 0.6 is 0 Å². The largest absolute Gasteiger partial charge is 0.311 e. The number of hydrogen-bond acceptors (Lipinski definition) is 2. The molecule has 5 aromatic carbocycles. The monoisotopic (exact) mass is 542 g/mol. The van der Waals surface area contributed by atoms with Gasteiger partial charge in [0.15, 0.2) is 0 Å². The van der Waals surface area contributed by atoms with Gasteiger partial charge in [-0.3, -0.25) is 4.98 Å². The third-order valence-electron chi connectivity index (χ3n) is 9.02. The van der Waals surface area contributed by atoms with Gasteiger partial charge in [0, 0.05) is 39.8 Å². The second kappa shape index (κ2) is 10.8. The van der Waals surface area contributed by atoms with Gasteiger partial charge in [-0.25, -0.2) is 0 Å². The molecule has 0 saturated heterocycles. The molecule has 0 unspecified atom stereocenters. The van der Waals surface area contributed by atoms with Gasteiger partial charge in [-0.1, -0.05) is 105 Å². The van der Waals surface area contributed by atoms with Crippen LogP contribution in [-0.2, 0) is 5.41 Å². The van der Waals surface area contributed by atoms with Crippen molar-refractivity contribution < 1.29 is 0 Å². The molecule has 0 N–H and O–H groups in total. The summed E-state index contributed by atoms with van der Waals surface area (Å²) in [6.45, 7) is 4.64. The van der Waals surface area contributed by atoms with Crippen LogP contribution in [0.2, 0.25) is 0 Å². The quantitative estimate of drug-likeness (QED) is 0.199. The van der Waals surface area contributed by atoms with Crippen molar-refractivity contribution in [2.75, 3.05) is 4.90 Å². The molecule has 0 atom stereocenters. The predicted molar refractivity (Wildman–Crippen MR) is 177 cm³/mol. The predicted octanol–water partition coefficient (Wildman–Crippen LogP) is 11.0. The van der Waals surface area contributed by atoms with E-state index in [1.165, 1.54) is 27.8 Å². The number of anilines is 3. The first-order valence-electron chi connectivity index (χ1n) is 14.9. The van der Waals surface area contributed by atoms with E-state index in [1.807, 2.05) is 6.20 Å². The number of aromatic nitrogens is 1. The summed E-state index contributed by atoms with van der Waals surface area (Å²) in [5, 5.41) is 0. The van der Waals surface area contributed by atoms with Crippen LogP contribution in [0, 0.1) is 0 Å². The van der Waals surface area contributed by atoms with Crippen LogP contribution in [0.15, 0.2) is 146 Å². The molecule has 1 aliphatic rings. The molecule has 1 heterocycles. The normalized spacial score (nSPS) is 12.9. The molecule has 0 spiro atoms. The minimum Gasteiger partial charge on any atom is -0.311 e. The smallest absolute Gasteiger partial charge is 0.0702 e. The molecule has 6 aromatic rings. The van der Waals surface area contributed by atoms with Crippen LogP contribution in [0.5, 0.6) is 0 Å². The Kier molecular flexibility index (Phi) is 6.68. The van der Waals surface area contributed by atoms with Crippen LogP contribution in [0.3, 0.4) is 0 Å². The summed E-state index contributed by atoms with van der Waals surface area (Å²) in [5.74, 6) is 0. The van der Waals surface area contributed by atoms with Crippen LogP contribution < -0.4 is 4.90 Å². The van der Waals surface area contributed by atoms with Gasteiger partial charge >= 0.3 is 0 Å². The fourth-order valence-electron chi connectivity index (χ4n) is 6.76. The van der Waals surface area contributed by atoms with E-state index in [2.05, 4.69) is 158 Å². The van der Waals surface area contributed by atoms with Gasteiger partial charge in [-0.2, -0.15) is 0 Å². The standard InChI is InChI=1S/C40H34N2/c1-3-40(4-2)37-18-12-11-17-35(37)36-25-21-30(27-38(36)40)31-22-26-39(41-28-31)29-19-23-34(24-20-29)42(32-13-7-5-8-14-32)33-15-9-6-10-16-33/h5-28H,3-4H2,1-2H3. The van der Waals surface area contributed by atoms with Crippen molar-refractivity contribution in [3.63, 3.8) is 0 Å². The van der Waals surface area contributed by atoms with E-state index >= 15 is 0 Å². The van der Waals surface area contributed by atoms with Gasteiger partial charge in [0.25, 0.3) is 0 Å². The number of nitrogens with zero attached hydrogens (tertiary/aromatic N) is 2. The molecule has 1 aliphatic carbocycles. The third kappa shape index (κ3) is 4.31. The zero-order chi connectivity index (χ0) is 28.5. The highest BCUT2D eigenvalue weighted by Gasteiger charge is 2.40. The molecule has 0 fully saturated rings. The van der Waals surface area contributed by atoms with E-state index in [9.17, 15) is 0 Å². The summed E-state index contributed by atoms with van der Waals surface area (Å²) >= 11 is 0. The Labute approximate surface area is 249 Å². The molecule has 0 bridgehead atoms. The average Bonchev–Trinajstić information content (AvgIpc) is 3.35. The van der Waals surface area contributed by atoms with Gasteiger partial charge in [-0.05, 0) is 89.2 Å². The minimum absolute atomic E-state index is 0.0738. The van der Waals surface area contributed by atoms with Gasteiger partial charge in [0.2, 0.25) is 0 Å². The maximum atomic E-state index is 4.91.